The molecule has 0 radical (unpaired) electrons. The highest BCUT2D eigenvalue weighted by Crippen LogP contribution is 2.39. The number of rotatable bonds is 5. The van der Waals surface area contributed by atoms with Crippen LogP contribution in [0.3, 0.4) is 0 Å². The van der Waals surface area contributed by atoms with E-state index >= 15 is 0 Å². The number of aromatic hydroxyl groups is 1. The third-order valence-electron chi connectivity index (χ3n) is 5.30. The minimum atomic E-state index is -0.260. The molecule has 4 rings (SSSR count). The zero-order chi connectivity index (χ0) is 19.8. The van der Waals surface area contributed by atoms with E-state index in [9.17, 15) is 14.3 Å². The van der Waals surface area contributed by atoms with Crippen LogP contribution in [0.2, 0.25) is 0 Å². The molecule has 1 aliphatic rings. The van der Waals surface area contributed by atoms with E-state index in [0.29, 0.717) is 24.0 Å². The maximum Gasteiger partial charge on any atom is 0.258 e. The first-order chi connectivity index (χ1) is 13.5. The van der Waals surface area contributed by atoms with E-state index in [-0.39, 0.29) is 17.5 Å². The van der Waals surface area contributed by atoms with Crippen molar-refractivity contribution in [3.05, 3.63) is 70.2 Å². The van der Waals surface area contributed by atoms with Gasteiger partial charge in [-0.15, -0.1) is 0 Å². The smallest absolute Gasteiger partial charge is 0.258 e. The molecule has 2 aromatic carbocycles. The first-order valence-corrected chi connectivity index (χ1v) is 9.29. The van der Waals surface area contributed by atoms with Gasteiger partial charge in [-0.25, -0.2) is 4.39 Å². The van der Waals surface area contributed by atoms with Crippen LogP contribution >= 0.6 is 0 Å². The molecule has 6 heteroatoms. The number of nitrogens with zero attached hydrogens (tertiary/aromatic N) is 2. The summed E-state index contributed by atoms with van der Waals surface area (Å²) in [5.41, 5.74) is 4.72. The Morgan fingerprint density at radius 2 is 2.00 bits per heavy atom. The van der Waals surface area contributed by atoms with Crippen molar-refractivity contribution < 1.29 is 14.3 Å². The van der Waals surface area contributed by atoms with Crippen molar-refractivity contribution in [2.45, 2.75) is 19.4 Å². The summed E-state index contributed by atoms with van der Waals surface area (Å²) in [6.07, 6.45) is 3.06. The van der Waals surface area contributed by atoms with Crippen LogP contribution in [-0.4, -0.2) is 41.5 Å². The number of pyridine rings is 1. The van der Waals surface area contributed by atoms with Crippen LogP contribution in [0.15, 0.2) is 36.5 Å². The molecular weight excluding hydrogens is 357 g/mol. The number of amides is 1. The summed E-state index contributed by atoms with van der Waals surface area (Å²) < 4.78 is 13.2. The Morgan fingerprint density at radius 3 is 2.71 bits per heavy atom. The Bertz CT molecular complexity index is 1060. The van der Waals surface area contributed by atoms with E-state index in [4.69, 9.17) is 0 Å². The zero-order valence-corrected chi connectivity index (χ0v) is 15.9. The molecule has 0 aliphatic carbocycles. The van der Waals surface area contributed by atoms with E-state index in [2.05, 4.69) is 10.3 Å². The summed E-state index contributed by atoms with van der Waals surface area (Å²) >= 11 is 0. The normalized spacial score (nSPS) is 13.4. The number of phenolic OH excluding ortho intramolecular Hbond substituents is 1. The largest absolute Gasteiger partial charge is 0.505 e. The van der Waals surface area contributed by atoms with Crippen molar-refractivity contribution in [2.24, 2.45) is 0 Å². The molecule has 0 bridgehead atoms. The fraction of sp³-hybridized carbons (Fsp3) is 0.273. The molecule has 2 heterocycles. The van der Waals surface area contributed by atoms with E-state index < -0.39 is 0 Å². The fourth-order valence-corrected chi connectivity index (χ4v) is 3.88. The van der Waals surface area contributed by atoms with Crippen molar-refractivity contribution >= 4 is 16.8 Å². The van der Waals surface area contributed by atoms with Crippen molar-refractivity contribution in [1.82, 2.24) is 15.2 Å². The minimum Gasteiger partial charge on any atom is -0.505 e. The average Bonchev–Trinajstić information content (AvgIpc) is 2.98. The molecule has 0 spiro atoms. The average molecular weight is 379 g/mol. The molecule has 1 aliphatic heterocycles. The number of likely N-dealkylation sites (N-methyl/N-ethyl adjacent to an activating group) is 1. The molecule has 0 atom stereocenters. The van der Waals surface area contributed by atoms with E-state index in [1.54, 1.807) is 30.3 Å². The maximum absolute atomic E-state index is 13.2. The van der Waals surface area contributed by atoms with E-state index in [0.717, 1.165) is 40.6 Å². The summed E-state index contributed by atoms with van der Waals surface area (Å²) in [7, 11) is 3.63. The predicted molar refractivity (Wildman–Crippen MR) is 106 cm³/mol. The molecule has 0 saturated heterocycles. The summed E-state index contributed by atoms with van der Waals surface area (Å²) in [6.45, 7) is 1.24. The molecule has 1 amide bonds. The lowest BCUT2D eigenvalue weighted by molar-refractivity contribution is 0.0814. The van der Waals surface area contributed by atoms with Crippen molar-refractivity contribution in [1.29, 1.82) is 0 Å². The number of benzene rings is 2. The predicted octanol–water partition coefficient (Wildman–Crippen LogP) is 3.02. The monoisotopic (exact) mass is 379 g/mol. The Hall–Kier alpha value is -2.99. The van der Waals surface area contributed by atoms with Gasteiger partial charge in [-0.05, 0) is 66.9 Å². The second-order valence-electron chi connectivity index (χ2n) is 7.24. The maximum atomic E-state index is 13.2. The van der Waals surface area contributed by atoms with Gasteiger partial charge in [0.2, 0.25) is 0 Å². The highest BCUT2D eigenvalue weighted by atomic mass is 19.1. The lowest BCUT2D eigenvalue weighted by Gasteiger charge is -2.14. The summed E-state index contributed by atoms with van der Waals surface area (Å²) in [5, 5.41) is 14.8. The second kappa shape index (κ2) is 7.20. The van der Waals surface area contributed by atoms with Crippen molar-refractivity contribution in [3.63, 3.8) is 0 Å². The lowest BCUT2D eigenvalue weighted by atomic mass is 9.93. The Balaban J connectivity index is 1.85. The van der Waals surface area contributed by atoms with Crippen LogP contribution in [0.4, 0.5) is 4.39 Å². The number of hydrogen-bond donors (Lipinski definition) is 2. The molecule has 2 N–H and O–H groups in total. The number of carbonyl (C=O) groups excluding carboxylic acids is 1. The fourth-order valence-electron chi connectivity index (χ4n) is 3.88. The third-order valence-corrected chi connectivity index (χ3v) is 5.30. The summed E-state index contributed by atoms with van der Waals surface area (Å²) in [4.78, 5) is 18.6. The molecule has 1 aromatic heterocycles. The second-order valence-corrected chi connectivity index (χ2v) is 7.24. The third kappa shape index (κ3) is 3.10. The number of halogens is 1. The quantitative estimate of drug-likeness (QED) is 0.715. The van der Waals surface area contributed by atoms with Gasteiger partial charge in [-0.3, -0.25) is 9.78 Å². The molecule has 144 valence electrons. The summed E-state index contributed by atoms with van der Waals surface area (Å²) in [5.74, 6) is -0.470. The molecule has 0 fully saturated rings. The number of carbonyl (C=O) groups is 1. The molecule has 0 saturated carbocycles. The topological polar surface area (TPSA) is 65.5 Å². The molecule has 0 unspecified atom stereocenters. The lowest BCUT2D eigenvalue weighted by Crippen LogP contribution is -2.17. The van der Waals surface area contributed by atoms with Gasteiger partial charge in [-0.2, -0.15) is 0 Å². The van der Waals surface area contributed by atoms with Gasteiger partial charge < -0.3 is 15.3 Å². The number of aromatic nitrogens is 1. The number of hydrogen-bond acceptors (Lipinski definition) is 4. The van der Waals surface area contributed by atoms with Crippen molar-refractivity contribution in [2.75, 3.05) is 20.6 Å². The van der Waals surface area contributed by atoms with Crippen LogP contribution < -0.4 is 5.32 Å². The van der Waals surface area contributed by atoms with E-state index in [1.165, 1.54) is 12.1 Å². The number of phenols is 1. The Kier molecular flexibility index (Phi) is 4.73. The SMILES string of the molecule is CNCCc1c2c(c(O)c3ncc(Cc4ccc(F)cc4)cc13)C(=O)N(C)C2. The summed E-state index contributed by atoms with van der Waals surface area (Å²) in [6, 6.07) is 8.44. The number of fused-ring (bicyclic) bond motifs is 2. The van der Waals surface area contributed by atoms with Crippen LogP contribution in [0.25, 0.3) is 10.9 Å². The van der Waals surface area contributed by atoms with Crippen LogP contribution in [0.5, 0.6) is 5.75 Å². The highest BCUT2D eigenvalue weighted by Gasteiger charge is 2.32. The van der Waals surface area contributed by atoms with Gasteiger partial charge >= 0.3 is 0 Å². The Labute approximate surface area is 162 Å². The Morgan fingerprint density at radius 1 is 1.25 bits per heavy atom. The molecule has 5 nitrogen and oxygen atoms in total. The van der Waals surface area contributed by atoms with Crippen molar-refractivity contribution in [3.8, 4) is 5.75 Å². The molecule has 28 heavy (non-hydrogen) atoms. The molecule has 3 aromatic rings. The molecular formula is C22H22FN3O2. The first kappa shape index (κ1) is 18.4. The van der Waals surface area contributed by atoms with E-state index in [1.807, 2.05) is 13.1 Å². The zero-order valence-electron chi connectivity index (χ0n) is 15.9. The van der Waals surface area contributed by atoms with Gasteiger partial charge in [0.05, 0.1) is 5.56 Å². The highest BCUT2D eigenvalue weighted by molar-refractivity contribution is 6.07. The van der Waals surface area contributed by atoms with Gasteiger partial charge in [0.25, 0.3) is 5.91 Å². The first-order valence-electron chi connectivity index (χ1n) is 9.29. The standard InChI is InChI=1S/C22H22FN3O2/c1-24-8-7-16-17-10-14(9-13-3-5-15(23)6-4-13)11-25-20(17)21(27)19-18(16)12-26(2)22(19)28/h3-6,10-11,24,27H,7-9,12H2,1-2H3. The van der Waals surface area contributed by atoms with Gasteiger partial charge in [-0.1, -0.05) is 12.1 Å². The van der Waals surface area contributed by atoms with Gasteiger partial charge in [0, 0.05) is 25.2 Å². The van der Waals surface area contributed by atoms with Crippen LogP contribution in [0, 0.1) is 5.82 Å². The van der Waals surface area contributed by atoms with Gasteiger partial charge in [0.1, 0.15) is 11.3 Å². The van der Waals surface area contributed by atoms with Gasteiger partial charge in [0.15, 0.2) is 5.75 Å². The van der Waals surface area contributed by atoms with Crippen LogP contribution in [0.1, 0.15) is 32.6 Å². The minimum absolute atomic E-state index is 0.0408. The number of nitrogens with one attached hydrogen (secondary N) is 1. The van der Waals surface area contributed by atoms with Crippen LogP contribution in [-0.2, 0) is 19.4 Å².